The Morgan fingerprint density at radius 1 is 1.26 bits per heavy atom. The van der Waals surface area contributed by atoms with Crippen LogP contribution < -0.4 is 5.32 Å². The number of nitrogens with one attached hydrogen (secondary N) is 1. The van der Waals surface area contributed by atoms with Crippen LogP contribution in [0.2, 0.25) is 0 Å². The first-order valence-corrected chi connectivity index (χ1v) is 10.1. The fourth-order valence-corrected chi connectivity index (χ4v) is 3.59. The molecule has 1 amide bonds. The Morgan fingerprint density at radius 3 is 2.70 bits per heavy atom. The highest BCUT2D eigenvalue weighted by Gasteiger charge is 2.17. The van der Waals surface area contributed by atoms with Crippen molar-refractivity contribution in [1.82, 2.24) is 19.6 Å². The van der Waals surface area contributed by atoms with E-state index >= 15 is 0 Å². The average Bonchev–Trinajstić information content (AvgIpc) is 3.03. The van der Waals surface area contributed by atoms with Crippen molar-refractivity contribution in [3.63, 3.8) is 0 Å². The van der Waals surface area contributed by atoms with E-state index in [0.717, 1.165) is 11.3 Å². The zero-order chi connectivity index (χ0) is 19.6. The SMILES string of the molecule is CSc1nc2nc(C)c(CC(=O)Nc3ccccc3SC(F)F)c(C)n2n1. The second-order valence-electron chi connectivity index (χ2n) is 5.67. The standard InChI is InChI=1S/C17H17F2N5OS2/c1-9-11(10(2)24-16(20-9)22-17(23-24)26-3)8-14(25)21-12-6-4-5-7-13(12)27-15(18)19/h4-7,15H,8H2,1-3H3,(H,21,25). The molecule has 0 aliphatic carbocycles. The Labute approximate surface area is 163 Å². The van der Waals surface area contributed by atoms with Gasteiger partial charge in [0.05, 0.1) is 12.1 Å². The molecular weight excluding hydrogens is 392 g/mol. The van der Waals surface area contributed by atoms with E-state index in [1.54, 1.807) is 28.8 Å². The molecule has 0 unspecified atom stereocenters. The van der Waals surface area contributed by atoms with Crippen molar-refractivity contribution < 1.29 is 13.6 Å². The highest BCUT2D eigenvalue weighted by Crippen LogP contribution is 2.31. The summed E-state index contributed by atoms with van der Waals surface area (Å²) < 4.78 is 27.0. The van der Waals surface area contributed by atoms with Gasteiger partial charge in [0.15, 0.2) is 0 Å². The molecule has 142 valence electrons. The summed E-state index contributed by atoms with van der Waals surface area (Å²) in [7, 11) is 0. The summed E-state index contributed by atoms with van der Waals surface area (Å²) in [4.78, 5) is 21.6. The molecule has 27 heavy (non-hydrogen) atoms. The van der Waals surface area contributed by atoms with Crippen molar-refractivity contribution in [2.45, 2.75) is 36.1 Å². The van der Waals surface area contributed by atoms with Crippen LogP contribution in [0.3, 0.4) is 0 Å². The molecule has 2 aromatic heterocycles. The zero-order valence-corrected chi connectivity index (χ0v) is 16.5. The van der Waals surface area contributed by atoms with Gasteiger partial charge in [-0.1, -0.05) is 35.7 Å². The maximum atomic E-state index is 12.7. The van der Waals surface area contributed by atoms with Gasteiger partial charge in [-0.15, -0.1) is 5.10 Å². The number of para-hydroxylation sites is 1. The minimum Gasteiger partial charge on any atom is -0.325 e. The van der Waals surface area contributed by atoms with Crippen LogP contribution in [0.5, 0.6) is 0 Å². The Hall–Kier alpha value is -2.20. The third-order valence-corrected chi connectivity index (χ3v) is 5.25. The number of carbonyl (C=O) groups excluding carboxylic acids is 1. The molecule has 3 aromatic rings. The third kappa shape index (κ3) is 4.38. The van der Waals surface area contributed by atoms with Gasteiger partial charge < -0.3 is 5.32 Å². The van der Waals surface area contributed by atoms with Crippen LogP contribution in [0.4, 0.5) is 14.5 Å². The molecule has 0 bridgehead atoms. The van der Waals surface area contributed by atoms with Crippen LogP contribution in [0.25, 0.3) is 5.78 Å². The van der Waals surface area contributed by atoms with E-state index in [1.165, 1.54) is 11.8 Å². The molecule has 0 atom stereocenters. The quantitative estimate of drug-likeness (QED) is 0.622. The van der Waals surface area contributed by atoms with Crippen molar-refractivity contribution in [2.24, 2.45) is 0 Å². The molecule has 0 radical (unpaired) electrons. The lowest BCUT2D eigenvalue weighted by Crippen LogP contribution is -2.18. The number of carbonyl (C=O) groups is 1. The summed E-state index contributed by atoms with van der Waals surface area (Å²) in [6, 6.07) is 6.50. The number of hydrogen-bond donors (Lipinski definition) is 1. The molecule has 1 aromatic carbocycles. The van der Waals surface area contributed by atoms with Crippen LogP contribution in [0.15, 0.2) is 34.3 Å². The second-order valence-corrected chi connectivity index (χ2v) is 7.48. The van der Waals surface area contributed by atoms with Gasteiger partial charge in [-0.2, -0.15) is 13.8 Å². The van der Waals surface area contributed by atoms with Gasteiger partial charge >= 0.3 is 0 Å². The largest absolute Gasteiger partial charge is 0.325 e. The Kier molecular flexibility index (Phi) is 5.95. The van der Waals surface area contributed by atoms with Crippen molar-refractivity contribution in [2.75, 3.05) is 11.6 Å². The van der Waals surface area contributed by atoms with Crippen LogP contribution in [0, 0.1) is 13.8 Å². The third-order valence-electron chi connectivity index (χ3n) is 3.93. The number of nitrogens with zero attached hydrogens (tertiary/aromatic N) is 4. The maximum absolute atomic E-state index is 12.7. The monoisotopic (exact) mass is 409 g/mol. The molecule has 0 aliphatic rings. The summed E-state index contributed by atoms with van der Waals surface area (Å²) in [5, 5.41) is 7.67. The number of rotatable bonds is 6. The van der Waals surface area contributed by atoms with E-state index < -0.39 is 5.76 Å². The summed E-state index contributed by atoms with van der Waals surface area (Å²) in [5.41, 5.74) is 2.56. The first-order valence-electron chi connectivity index (χ1n) is 7.99. The van der Waals surface area contributed by atoms with Crippen LogP contribution in [0.1, 0.15) is 17.0 Å². The van der Waals surface area contributed by atoms with E-state index in [0.29, 0.717) is 39.0 Å². The maximum Gasteiger partial charge on any atom is 0.288 e. The molecule has 2 heterocycles. The average molecular weight is 409 g/mol. The molecule has 0 aliphatic heterocycles. The van der Waals surface area contributed by atoms with Gasteiger partial charge in [0.2, 0.25) is 11.1 Å². The summed E-state index contributed by atoms with van der Waals surface area (Å²) >= 11 is 1.81. The molecule has 0 spiro atoms. The number of hydrogen-bond acceptors (Lipinski definition) is 6. The normalized spacial score (nSPS) is 11.3. The fourth-order valence-electron chi connectivity index (χ4n) is 2.66. The van der Waals surface area contributed by atoms with Crippen LogP contribution in [-0.2, 0) is 11.2 Å². The Balaban J connectivity index is 1.84. The number of fused-ring (bicyclic) bond motifs is 1. The van der Waals surface area contributed by atoms with Gasteiger partial charge in [0.25, 0.3) is 11.5 Å². The summed E-state index contributed by atoms with van der Waals surface area (Å²) in [6.07, 6.45) is 1.93. The Bertz CT molecular complexity index is 993. The lowest BCUT2D eigenvalue weighted by atomic mass is 10.1. The van der Waals surface area contributed by atoms with E-state index in [1.807, 2.05) is 20.1 Å². The van der Waals surface area contributed by atoms with Crippen molar-refractivity contribution >= 4 is 40.9 Å². The predicted octanol–water partition coefficient (Wildman–Crippen LogP) is 3.96. The van der Waals surface area contributed by atoms with E-state index in [2.05, 4.69) is 20.4 Å². The first kappa shape index (κ1) is 19.6. The van der Waals surface area contributed by atoms with Crippen LogP contribution in [-0.4, -0.2) is 37.5 Å². The number of halogens is 2. The van der Waals surface area contributed by atoms with Gasteiger partial charge in [0, 0.05) is 21.8 Å². The topological polar surface area (TPSA) is 72.2 Å². The molecule has 6 nitrogen and oxygen atoms in total. The van der Waals surface area contributed by atoms with Gasteiger partial charge in [-0.3, -0.25) is 4.79 Å². The molecular formula is C17H17F2N5OS2. The summed E-state index contributed by atoms with van der Waals surface area (Å²) in [6.45, 7) is 3.66. The number of alkyl halides is 2. The summed E-state index contributed by atoms with van der Waals surface area (Å²) in [5.74, 6) is -2.39. The molecule has 1 N–H and O–H groups in total. The Morgan fingerprint density at radius 2 is 2.00 bits per heavy atom. The van der Waals surface area contributed by atoms with Gasteiger partial charge in [0.1, 0.15) is 0 Å². The molecule has 0 fully saturated rings. The molecule has 0 saturated carbocycles. The zero-order valence-electron chi connectivity index (χ0n) is 14.9. The minimum atomic E-state index is -2.56. The van der Waals surface area contributed by atoms with Crippen molar-refractivity contribution in [3.8, 4) is 0 Å². The second kappa shape index (κ2) is 8.22. The highest BCUT2D eigenvalue weighted by atomic mass is 32.2. The number of aryl methyl sites for hydroxylation is 2. The number of thioether (sulfide) groups is 2. The number of benzene rings is 1. The van der Waals surface area contributed by atoms with Gasteiger partial charge in [-0.05, 0) is 32.2 Å². The first-order chi connectivity index (χ1) is 12.9. The molecule has 3 rings (SSSR count). The lowest BCUT2D eigenvalue weighted by Gasteiger charge is -2.12. The fraction of sp³-hybridized carbons (Fsp3) is 0.294. The molecule has 0 saturated heterocycles. The predicted molar refractivity (Wildman–Crippen MR) is 103 cm³/mol. The number of amides is 1. The van der Waals surface area contributed by atoms with E-state index in [-0.39, 0.29) is 12.3 Å². The van der Waals surface area contributed by atoms with E-state index in [9.17, 15) is 13.6 Å². The number of anilines is 1. The molecule has 10 heteroatoms. The van der Waals surface area contributed by atoms with Crippen LogP contribution >= 0.6 is 23.5 Å². The van der Waals surface area contributed by atoms with Crippen molar-refractivity contribution in [1.29, 1.82) is 0 Å². The van der Waals surface area contributed by atoms with E-state index in [4.69, 9.17) is 0 Å². The smallest absolute Gasteiger partial charge is 0.288 e. The minimum absolute atomic E-state index is 0.0583. The number of aromatic nitrogens is 4. The highest BCUT2D eigenvalue weighted by molar-refractivity contribution is 7.99. The lowest BCUT2D eigenvalue weighted by molar-refractivity contribution is -0.115. The van der Waals surface area contributed by atoms with Crippen molar-refractivity contribution in [3.05, 3.63) is 41.2 Å². The van der Waals surface area contributed by atoms with Gasteiger partial charge in [-0.25, -0.2) is 9.50 Å².